The van der Waals surface area contributed by atoms with Gasteiger partial charge in [-0.05, 0) is 73.9 Å². The van der Waals surface area contributed by atoms with Crippen LogP contribution in [0.15, 0.2) is 42.5 Å². The van der Waals surface area contributed by atoms with Gasteiger partial charge in [0.15, 0.2) is 0 Å². The van der Waals surface area contributed by atoms with Gasteiger partial charge in [0.25, 0.3) is 0 Å². The van der Waals surface area contributed by atoms with Crippen LogP contribution < -0.4 is 4.72 Å². The molecule has 0 radical (unpaired) electrons. The molecular formula is C25H26F2N4O2S. The van der Waals surface area contributed by atoms with E-state index in [9.17, 15) is 17.2 Å². The van der Waals surface area contributed by atoms with Crippen molar-refractivity contribution >= 4 is 15.8 Å². The van der Waals surface area contributed by atoms with Crippen molar-refractivity contribution in [2.45, 2.75) is 57.1 Å². The van der Waals surface area contributed by atoms with Crippen molar-refractivity contribution in [1.82, 2.24) is 15.2 Å². The molecule has 6 nitrogen and oxygen atoms in total. The number of benzene rings is 1. The smallest absolute Gasteiger partial charge is 0.236 e. The molecule has 2 heterocycles. The van der Waals surface area contributed by atoms with Crippen LogP contribution >= 0.6 is 0 Å². The maximum absolute atomic E-state index is 14.4. The Labute approximate surface area is 197 Å². The number of nitrogens with one attached hydrogen (secondary N) is 1. The first-order chi connectivity index (χ1) is 16.0. The molecule has 0 aliphatic heterocycles. The van der Waals surface area contributed by atoms with Gasteiger partial charge in [0.2, 0.25) is 10.0 Å². The van der Waals surface area contributed by atoms with Gasteiger partial charge in [0.1, 0.15) is 17.5 Å². The Hall–Kier alpha value is -2.94. The zero-order valence-electron chi connectivity index (χ0n) is 19.4. The Morgan fingerprint density at radius 2 is 1.74 bits per heavy atom. The molecule has 2 atom stereocenters. The third kappa shape index (κ3) is 3.09. The number of aromatic nitrogens is 3. The summed E-state index contributed by atoms with van der Waals surface area (Å²) < 4.78 is 56.3. The molecule has 2 aromatic heterocycles. The molecule has 0 unspecified atom stereocenters. The molecule has 2 aliphatic rings. The van der Waals surface area contributed by atoms with Crippen molar-refractivity contribution in [2.24, 2.45) is 5.41 Å². The monoisotopic (exact) mass is 484 g/mol. The van der Waals surface area contributed by atoms with Gasteiger partial charge < -0.3 is 0 Å². The fourth-order valence-electron chi connectivity index (χ4n) is 5.75. The second-order valence-corrected chi connectivity index (χ2v) is 12.2. The van der Waals surface area contributed by atoms with Crippen molar-refractivity contribution in [2.75, 3.05) is 4.72 Å². The lowest BCUT2D eigenvalue weighted by Crippen LogP contribution is -2.38. The van der Waals surface area contributed by atoms with E-state index in [0.29, 0.717) is 5.69 Å². The minimum Gasteiger partial charge on any atom is -0.267 e. The van der Waals surface area contributed by atoms with Gasteiger partial charge in [-0.15, -0.1) is 5.10 Å². The van der Waals surface area contributed by atoms with E-state index >= 15 is 0 Å². The number of nitrogens with zero attached hydrogens (tertiary/aromatic N) is 3. The quantitative estimate of drug-likeness (QED) is 0.540. The van der Waals surface area contributed by atoms with Crippen LogP contribution in [0.2, 0.25) is 0 Å². The highest BCUT2D eigenvalue weighted by Gasteiger charge is 2.65. The molecule has 1 N–H and O–H groups in total. The Morgan fingerprint density at radius 3 is 2.41 bits per heavy atom. The molecule has 1 fully saturated rings. The van der Waals surface area contributed by atoms with Gasteiger partial charge in [-0.2, -0.15) is 5.10 Å². The highest BCUT2D eigenvalue weighted by atomic mass is 32.2. The van der Waals surface area contributed by atoms with Gasteiger partial charge in [0, 0.05) is 0 Å². The maximum Gasteiger partial charge on any atom is 0.236 e. The summed E-state index contributed by atoms with van der Waals surface area (Å²) in [6, 6.07) is 10.8. The van der Waals surface area contributed by atoms with E-state index in [2.05, 4.69) is 28.8 Å². The van der Waals surface area contributed by atoms with Crippen LogP contribution in [0.5, 0.6) is 0 Å². The maximum atomic E-state index is 14.4. The van der Waals surface area contributed by atoms with Crippen LogP contribution in [0, 0.1) is 17.0 Å². The average molecular weight is 485 g/mol. The molecule has 2 bridgehead atoms. The SMILES string of the molecule is CC(C)S(=O)(=O)Nc1cccc([C@]23CC[C@@H](c4cc(-c5c(F)cccc5F)nnc42)C3(C)C)n1. The van der Waals surface area contributed by atoms with Gasteiger partial charge in [-0.3, -0.25) is 4.72 Å². The molecule has 5 rings (SSSR count). The number of rotatable bonds is 5. The summed E-state index contributed by atoms with van der Waals surface area (Å²) in [6.07, 6.45) is 1.63. The largest absolute Gasteiger partial charge is 0.267 e. The van der Waals surface area contributed by atoms with E-state index in [4.69, 9.17) is 4.98 Å². The third-order valence-electron chi connectivity index (χ3n) is 7.65. The summed E-state index contributed by atoms with van der Waals surface area (Å²) in [6.45, 7) is 7.49. The molecule has 0 spiro atoms. The Balaban J connectivity index is 1.64. The van der Waals surface area contributed by atoms with E-state index in [1.165, 1.54) is 18.2 Å². The lowest BCUT2D eigenvalue weighted by Gasteiger charge is -2.37. The summed E-state index contributed by atoms with van der Waals surface area (Å²) in [4.78, 5) is 4.72. The van der Waals surface area contributed by atoms with Crippen LogP contribution in [0.3, 0.4) is 0 Å². The van der Waals surface area contributed by atoms with Crippen LogP contribution in [-0.2, 0) is 15.4 Å². The van der Waals surface area contributed by atoms with Crippen molar-refractivity contribution in [3.05, 3.63) is 71.1 Å². The summed E-state index contributed by atoms with van der Waals surface area (Å²) in [5, 5.41) is 8.15. The highest BCUT2D eigenvalue weighted by molar-refractivity contribution is 7.93. The summed E-state index contributed by atoms with van der Waals surface area (Å²) >= 11 is 0. The third-order valence-corrected chi connectivity index (χ3v) is 9.39. The number of hydrogen-bond acceptors (Lipinski definition) is 5. The second-order valence-electron chi connectivity index (χ2n) is 9.95. The minimum absolute atomic E-state index is 0.101. The van der Waals surface area contributed by atoms with Gasteiger partial charge in [0.05, 0.1) is 33.3 Å². The topological polar surface area (TPSA) is 84.8 Å². The molecular weight excluding hydrogens is 458 g/mol. The van der Waals surface area contributed by atoms with Crippen LogP contribution in [0.1, 0.15) is 63.4 Å². The number of sulfonamides is 1. The zero-order valence-corrected chi connectivity index (χ0v) is 20.2. The fraction of sp³-hybridized carbons (Fsp3) is 0.400. The molecule has 2 aliphatic carbocycles. The second kappa shape index (κ2) is 7.53. The van der Waals surface area contributed by atoms with E-state index in [1.807, 2.05) is 6.07 Å². The van der Waals surface area contributed by atoms with Gasteiger partial charge in [-0.1, -0.05) is 26.0 Å². The van der Waals surface area contributed by atoms with E-state index in [1.54, 1.807) is 32.0 Å². The van der Waals surface area contributed by atoms with Crippen LogP contribution in [-0.4, -0.2) is 28.8 Å². The molecule has 3 aromatic rings. The molecule has 0 saturated heterocycles. The van der Waals surface area contributed by atoms with Crippen molar-refractivity contribution in [3.63, 3.8) is 0 Å². The average Bonchev–Trinajstić information content (AvgIpc) is 3.15. The molecule has 1 aromatic carbocycles. The fourth-order valence-corrected chi connectivity index (χ4v) is 6.39. The standard InChI is InChI=1S/C25H26F2N4O2S/c1-14(2)34(32,33)31-21-10-6-9-20(28-21)25-12-11-16(24(25,3)4)15-13-19(29-30-23(15)25)22-17(26)7-5-8-18(22)27/h5-10,13-14,16H,11-12H2,1-4H3,(H,28,31)/t16-,25+/m0/s1. The van der Waals surface area contributed by atoms with Crippen LogP contribution in [0.25, 0.3) is 11.3 Å². The first-order valence-corrected chi connectivity index (χ1v) is 12.9. The molecule has 0 amide bonds. The lowest BCUT2D eigenvalue weighted by atomic mass is 9.66. The Bertz CT molecular complexity index is 1390. The first-order valence-electron chi connectivity index (χ1n) is 11.3. The molecule has 1 saturated carbocycles. The number of anilines is 1. The predicted octanol–water partition coefficient (Wildman–Crippen LogP) is 5.17. The molecule has 34 heavy (non-hydrogen) atoms. The summed E-state index contributed by atoms with van der Waals surface area (Å²) in [5.41, 5.74) is 1.45. The first kappa shape index (κ1) is 22.8. The number of fused-ring (bicyclic) bond motifs is 5. The zero-order chi connectivity index (χ0) is 24.5. The minimum atomic E-state index is -3.55. The van der Waals surface area contributed by atoms with Crippen LogP contribution in [0.4, 0.5) is 14.6 Å². The van der Waals surface area contributed by atoms with E-state index in [0.717, 1.165) is 24.1 Å². The van der Waals surface area contributed by atoms with Crippen molar-refractivity contribution in [1.29, 1.82) is 0 Å². The Morgan fingerprint density at radius 1 is 1.06 bits per heavy atom. The van der Waals surface area contributed by atoms with Gasteiger partial charge >= 0.3 is 0 Å². The Kier molecular flexibility index (Phi) is 5.06. The molecule has 178 valence electrons. The number of pyridine rings is 1. The summed E-state index contributed by atoms with van der Waals surface area (Å²) in [5.74, 6) is -1.01. The lowest BCUT2D eigenvalue weighted by molar-refractivity contribution is 0.243. The van der Waals surface area contributed by atoms with Crippen molar-refractivity contribution < 1.29 is 17.2 Å². The molecule has 9 heteroatoms. The number of halogens is 2. The van der Waals surface area contributed by atoms with Crippen molar-refractivity contribution in [3.8, 4) is 11.3 Å². The number of hydrogen-bond donors (Lipinski definition) is 1. The van der Waals surface area contributed by atoms with E-state index in [-0.39, 0.29) is 28.4 Å². The van der Waals surface area contributed by atoms with E-state index < -0.39 is 32.3 Å². The highest BCUT2D eigenvalue weighted by Crippen LogP contribution is 2.69. The normalized spacial score (nSPS) is 22.7. The predicted molar refractivity (Wildman–Crippen MR) is 126 cm³/mol. The summed E-state index contributed by atoms with van der Waals surface area (Å²) in [7, 11) is -3.55. The van der Waals surface area contributed by atoms with Gasteiger partial charge in [-0.25, -0.2) is 22.2 Å².